The Morgan fingerprint density at radius 1 is 0.500 bits per heavy atom. The van der Waals surface area contributed by atoms with Gasteiger partial charge in [0.15, 0.2) is 0 Å². The van der Waals surface area contributed by atoms with Gasteiger partial charge in [-0.05, 0) is 69.1 Å². The quantitative estimate of drug-likeness (QED) is 0.344. The Morgan fingerprint density at radius 3 is 1.75 bits per heavy atom. The molecule has 0 unspecified atom stereocenters. The molecular weight excluding hydrogens is 336 g/mol. The molecule has 4 aromatic rings. The molecule has 0 N–H and O–H groups in total. The van der Waals surface area contributed by atoms with Gasteiger partial charge in [0.2, 0.25) is 0 Å². The number of aryl methyl sites for hydroxylation is 1. The highest BCUT2D eigenvalue weighted by molar-refractivity contribution is 5.86. The zero-order valence-electron chi connectivity index (χ0n) is 16.7. The van der Waals surface area contributed by atoms with Crippen molar-refractivity contribution in [2.45, 2.75) is 26.2 Å². The molecule has 0 aromatic heterocycles. The van der Waals surface area contributed by atoms with E-state index in [0.717, 1.165) is 0 Å². The SMILES string of the molecule is Cc1ccccc1-c1ccc2c(c1)C(C)(C)c1cc(-c3ccccc3)ccc1-2. The van der Waals surface area contributed by atoms with Gasteiger partial charge in [-0.2, -0.15) is 0 Å². The van der Waals surface area contributed by atoms with Gasteiger partial charge in [-0.25, -0.2) is 0 Å². The van der Waals surface area contributed by atoms with Crippen LogP contribution in [0.4, 0.5) is 0 Å². The lowest BCUT2D eigenvalue weighted by atomic mass is 9.80. The van der Waals surface area contributed by atoms with Gasteiger partial charge in [-0.15, -0.1) is 0 Å². The third-order valence-corrected chi connectivity index (χ3v) is 6.24. The van der Waals surface area contributed by atoms with E-state index in [4.69, 9.17) is 0 Å². The van der Waals surface area contributed by atoms with Crippen LogP contribution in [-0.2, 0) is 5.41 Å². The molecule has 0 heterocycles. The number of hydrogen-bond donors (Lipinski definition) is 0. The minimum Gasteiger partial charge on any atom is -0.0622 e. The number of fused-ring (bicyclic) bond motifs is 3. The first-order valence-electron chi connectivity index (χ1n) is 9.96. The molecule has 0 fully saturated rings. The van der Waals surface area contributed by atoms with E-state index in [-0.39, 0.29) is 5.41 Å². The molecule has 0 aliphatic heterocycles. The van der Waals surface area contributed by atoms with Crippen molar-refractivity contribution in [2.24, 2.45) is 0 Å². The molecule has 4 aromatic carbocycles. The van der Waals surface area contributed by atoms with Gasteiger partial charge in [0.25, 0.3) is 0 Å². The fraction of sp³-hybridized carbons (Fsp3) is 0.143. The van der Waals surface area contributed by atoms with E-state index in [1.807, 2.05) is 0 Å². The van der Waals surface area contributed by atoms with Crippen molar-refractivity contribution in [3.05, 3.63) is 108 Å². The molecule has 0 spiro atoms. The average Bonchev–Trinajstić information content (AvgIpc) is 2.95. The molecule has 0 radical (unpaired) electrons. The molecule has 0 atom stereocenters. The maximum atomic E-state index is 2.40. The summed E-state index contributed by atoms with van der Waals surface area (Å²) in [7, 11) is 0. The second kappa shape index (κ2) is 6.21. The van der Waals surface area contributed by atoms with Crippen molar-refractivity contribution in [1.29, 1.82) is 0 Å². The van der Waals surface area contributed by atoms with Crippen LogP contribution in [0.2, 0.25) is 0 Å². The largest absolute Gasteiger partial charge is 0.0622 e. The first kappa shape index (κ1) is 17.0. The molecule has 0 saturated heterocycles. The molecular formula is C28H24. The fourth-order valence-corrected chi connectivity index (χ4v) is 4.61. The van der Waals surface area contributed by atoms with E-state index in [9.17, 15) is 0 Å². The zero-order valence-corrected chi connectivity index (χ0v) is 16.7. The van der Waals surface area contributed by atoms with Crippen LogP contribution in [0.15, 0.2) is 91.0 Å². The predicted molar refractivity (Wildman–Crippen MR) is 120 cm³/mol. The average molecular weight is 361 g/mol. The molecule has 0 nitrogen and oxygen atoms in total. The van der Waals surface area contributed by atoms with Gasteiger partial charge in [-0.1, -0.05) is 92.7 Å². The van der Waals surface area contributed by atoms with E-state index < -0.39 is 0 Å². The van der Waals surface area contributed by atoms with E-state index in [1.54, 1.807) is 0 Å². The van der Waals surface area contributed by atoms with Crippen LogP contribution in [0.5, 0.6) is 0 Å². The standard InChI is InChI=1S/C28H24/c1-19-9-7-8-12-23(19)22-14-16-25-24-15-13-21(20-10-5-4-6-11-20)17-26(24)28(2,3)27(25)18-22/h4-18H,1-3H3. The molecule has 0 bridgehead atoms. The second-order valence-corrected chi connectivity index (χ2v) is 8.33. The number of rotatable bonds is 2. The van der Waals surface area contributed by atoms with Crippen molar-refractivity contribution >= 4 is 0 Å². The Hall–Kier alpha value is -3.12. The highest BCUT2D eigenvalue weighted by Crippen LogP contribution is 2.50. The summed E-state index contributed by atoms with van der Waals surface area (Å²) in [6.07, 6.45) is 0. The summed E-state index contributed by atoms with van der Waals surface area (Å²) in [5, 5.41) is 0. The third-order valence-electron chi connectivity index (χ3n) is 6.24. The topological polar surface area (TPSA) is 0 Å². The lowest BCUT2D eigenvalue weighted by Gasteiger charge is -2.23. The monoisotopic (exact) mass is 360 g/mol. The molecule has 1 aliphatic rings. The Kier molecular flexibility index (Phi) is 3.77. The van der Waals surface area contributed by atoms with Crippen LogP contribution in [0.25, 0.3) is 33.4 Å². The smallest absolute Gasteiger partial charge is 0.0159 e. The molecule has 0 heteroatoms. The molecule has 136 valence electrons. The molecule has 28 heavy (non-hydrogen) atoms. The highest BCUT2D eigenvalue weighted by Gasteiger charge is 2.35. The van der Waals surface area contributed by atoms with Crippen LogP contribution in [-0.4, -0.2) is 0 Å². The van der Waals surface area contributed by atoms with E-state index in [2.05, 4.69) is 112 Å². The first-order valence-corrected chi connectivity index (χ1v) is 9.96. The van der Waals surface area contributed by atoms with Crippen molar-refractivity contribution in [2.75, 3.05) is 0 Å². The summed E-state index contributed by atoms with van der Waals surface area (Å²) in [4.78, 5) is 0. The van der Waals surface area contributed by atoms with Crippen molar-refractivity contribution in [1.82, 2.24) is 0 Å². The van der Waals surface area contributed by atoms with Gasteiger partial charge in [-0.3, -0.25) is 0 Å². The van der Waals surface area contributed by atoms with E-state index in [0.29, 0.717) is 0 Å². The van der Waals surface area contributed by atoms with Gasteiger partial charge >= 0.3 is 0 Å². The van der Waals surface area contributed by atoms with Crippen LogP contribution in [0.1, 0.15) is 30.5 Å². The summed E-state index contributed by atoms with van der Waals surface area (Å²) in [5.41, 5.74) is 12.1. The fourth-order valence-electron chi connectivity index (χ4n) is 4.61. The maximum Gasteiger partial charge on any atom is 0.0159 e. The summed E-state index contributed by atoms with van der Waals surface area (Å²) >= 11 is 0. The number of hydrogen-bond acceptors (Lipinski definition) is 0. The first-order chi connectivity index (χ1) is 13.6. The molecule has 0 saturated carbocycles. The molecule has 0 amide bonds. The van der Waals surface area contributed by atoms with Gasteiger partial charge in [0.1, 0.15) is 0 Å². The van der Waals surface area contributed by atoms with Gasteiger partial charge < -0.3 is 0 Å². The van der Waals surface area contributed by atoms with Crippen molar-refractivity contribution in [3.63, 3.8) is 0 Å². The van der Waals surface area contributed by atoms with Crippen LogP contribution in [0.3, 0.4) is 0 Å². The Bertz CT molecular complexity index is 1180. The summed E-state index contributed by atoms with van der Waals surface area (Å²) in [6.45, 7) is 6.90. The van der Waals surface area contributed by atoms with E-state index >= 15 is 0 Å². The van der Waals surface area contributed by atoms with Crippen LogP contribution < -0.4 is 0 Å². The predicted octanol–water partition coefficient (Wildman–Crippen LogP) is 7.64. The van der Waals surface area contributed by atoms with E-state index in [1.165, 1.54) is 50.1 Å². The lowest BCUT2D eigenvalue weighted by molar-refractivity contribution is 0.661. The second-order valence-electron chi connectivity index (χ2n) is 8.33. The molecule has 1 aliphatic carbocycles. The van der Waals surface area contributed by atoms with Crippen LogP contribution in [0, 0.1) is 6.92 Å². The number of benzene rings is 4. The minimum atomic E-state index is -0.00580. The Labute approximate surface area is 167 Å². The van der Waals surface area contributed by atoms with Crippen molar-refractivity contribution in [3.8, 4) is 33.4 Å². The summed E-state index contributed by atoms with van der Waals surface area (Å²) in [6, 6.07) is 33.3. The molecule has 5 rings (SSSR count). The Balaban J connectivity index is 1.66. The zero-order chi connectivity index (χ0) is 19.3. The maximum absolute atomic E-state index is 2.40. The normalized spacial score (nSPS) is 13.8. The van der Waals surface area contributed by atoms with Crippen molar-refractivity contribution < 1.29 is 0 Å². The van der Waals surface area contributed by atoms with Gasteiger partial charge in [0.05, 0.1) is 0 Å². The Morgan fingerprint density at radius 2 is 1.07 bits per heavy atom. The van der Waals surface area contributed by atoms with Gasteiger partial charge in [0, 0.05) is 5.41 Å². The lowest BCUT2D eigenvalue weighted by Crippen LogP contribution is -2.15. The minimum absolute atomic E-state index is 0.00580. The summed E-state index contributed by atoms with van der Waals surface area (Å²) < 4.78 is 0. The highest BCUT2D eigenvalue weighted by atomic mass is 14.4. The third kappa shape index (κ3) is 2.52. The summed E-state index contributed by atoms with van der Waals surface area (Å²) in [5.74, 6) is 0. The van der Waals surface area contributed by atoms with Crippen LogP contribution >= 0.6 is 0 Å².